The molecule has 2 N–H and O–H groups in total. The highest BCUT2D eigenvalue weighted by Gasteiger charge is 2.08. The Kier molecular flexibility index (Phi) is 5.07. The molecule has 4 heteroatoms. The molecule has 0 fully saturated rings. The molecule has 0 aliphatic rings. The molecule has 0 amide bonds. The Morgan fingerprint density at radius 3 is 2.55 bits per heavy atom. The average molecular weight is 285 g/mol. The standard InChI is InChI=1S/C16H19N3S/c1-13-6-5-7-14(18-13)12-19(11-10-16(17)20)15-8-3-2-4-9-15/h2-9H,10-12H2,1H3,(H2,17,20). The minimum absolute atomic E-state index is 0.545. The highest BCUT2D eigenvalue weighted by Crippen LogP contribution is 2.16. The summed E-state index contributed by atoms with van der Waals surface area (Å²) in [7, 11) is 0. The minimum Gasteiger partial charge on any atom is -0.393 e. The Morgan fingerprint density at radius 1 is 1.15 bits per heavy atom. The van der Waals surface area contributed by atoms with E-state index in [1.807, 2.05) is 43.3 Å². The van der Waals surface area contributed by atoms with Crippen LogP contribution in [0.5, 0.6) is 0 Å². The molecule has 2 aromatic rings. The number of anilines is 1. The topological polar surface area (TPSA) is 42.1 Å². The number of benzene rings is 1. The van der Waals surface area contributed by atoms with Crippen LogP contribution in [0.4, 0.5) is 5.69 Å². The van der Waals surface area contributed by atoms with Crippen molar-refractivity contribution in [1.29, 1.82) is 0 Å². The summed E-state index contributed by atoms with van der Waals surface area (Å²) < 4.78 is 0. The maximum Gasteiger partial charge on any atom is 0.0745 e. The molecule has 0 unspecified atom stereocenters. The third kappa shape index (κ3) is 4.31. The maximum atomic E-state index is 5.63. The van der Waals surface area contributed by atoms with E-state index < -0.39 is 0 Å². The number of thiocarbonyl (C=S) groups is 1. The minimum atomic E-state index is 0.545. The molecule has 1 aromatic heterocycles. The molecule has 1 heterocycles. The second-order valence-corrected chi connectivity index (χ2v) is 5.27. The molecule has 0 saturated carbocycles. The largest absolute Gasteiger partial charge is 0.393 e. The summed E-state index contributed by atoms with van der Waals surface area (Å²) in [6.45, 7) is 3.56. The van der Waals surface area contributed by atoms with Crippen molar-refractivity contribution in [1.82, 2.24) is 4.98 Å². The number of nitrogens with zero attached hydrogens (tertiary/aromatic N) is 2. The number of hydrogen-bond donors (Lipinski definition) is 1. The van der Waals surface area contributed by atoms with E-state index in [4.69, 9.17) is 18.0 Å². The lowest BCUT2D eigenvalue weighted by molar-refractivity contribution is 0.785. The fraction of sp³-hybridized carbons (Fsp3) is 0.250. The van der Waals surface area contributed by atoms with E-state index in [2.05, 4.69) is 22.0 Å². The normalized spacial score (nSPS) is 10.2. The average Bonchev–Trinajstić information content (AvgIpc) is 2.44. The Bertz CT molecular complexity index is 569. The lowest BCUT2D eigenvalue weighted by atomic mass is 10.2. The summed E-state index contributed by atoms with van der Waals surface area (Å²) in [5.74, 6) is 0. The SMILES string of the molecule is Cc1cccc(CN(CCC(N)=S)c2ccccc2)n1. The number of para-hydroxylation sites is 1. The van der Waals surface area contributed by atoms with Gasteiger partial charge >= 0.3 is 0 Å². The molecule has 0 spiro atoms. The first-order valence-electron chi connectivity index (χ1n) is 6.66. The third-order valence-electron chi connectivity index (χ3n) is 3.05. The summed E-state index contributed by atoms with van der Waals surface area (Å²) in [6.07, 6.45) is 0.704. The van der Waals surface area contributed by atoms with Gasteiger partial charge in [-0.1, -0.05) is 36.5 Å². The van der Waals surface area contributed by atoms with Crippen LogP contribution in [-0.2, 0) is 6.54 Å². The van der Waals surface area contributed by atoms with Crippen molar-refractivity contribution < 1.29 is 0 Å². The fourth-order valence-electron chi connectivity index (χ4n) is 2.07. The molecule has 0 radical (unpaired) electrons. The zero-order valence-electron chi connectivity index (χ0n) is 11.6. The zero-order valence-corrected chi connectivity index (χ0v) is 12.4. The van der Waals surface area contributed by atoms with Crippen LogP contribution >= 0.6 is 12.2 Å². The fourth-order valence-corrected chi connectivity index (χ4v) is 2.16. The van der Waals surface area contributed by atoms with E-state index in [0.717, 1.165) is 30.2 Å². The molecule has 3 nitrogen and oxygen atoms in total. The first-order valence-corrected chi connectivity index (χ1v) is 7.07. The molecule has 0 bridgehead atoms. The number of rotatable bonds is 6. The van der Waals surface area contributed by atoms with Crippen LogP contribution in [0, 0.1) is 6.92 Å². The van der Waals surface area contributed by atoms with Crippen LogP contribution in [0.15, 0.2) is 48.5 Å². The summed E-state index contributed by atoms with van der Waals surface area (Å²) in [5.41, 5.74) is 8.87. The zero-order chi connectivity index (χ0) is 14.4. The number of hydrogen-bond acceptors (Lipinski definition) is 3. The highest BCUT2D eigenvalue weighted by atomic mass is 32.1. The van der Waals surface area contributed by atoms with Crippen LogP contribution in [0.1, 0.15) is 17.8 Å². The van der Waals surface area contributed by atoms with Gasteiger partial charge in [-0.2, -0.15) is 0 Å². The van der Waals surface area contributed by atoms with E-state index in [1.165, 1.54) is 0 Å². The van der Waals surface area contributed by atoms with Crippen molar-refractivity contribution in [2.45, 2.75) is 19.9 Å². The van der Waals surface area contributed by atoms with Gasteiger partial charge in [0.05, 0.1) is 17.2 Å². The maximum absolute atomic E-state index is 5.63. The number of aromatic nitrogens is 1. The quantitative estimate of drug-likeness (QED) is 0.828. The Labute approximate surface area is 125 Å². The second-order valence-electron chi connectivity index (χ2n) is 4.74. The van der Waals surface area contributed by atoms with E-state index in [0.29, 0.717) is 11.4 Å². The van der Waals surface area contributed by atoms with Gasteiger partial charge in [0.1, 0.15) is 0 Å². The molecule has 0 saturated heterocycles. The molecule has 104 valence electrons. The first-order chi connectivity index (χ1) is 9.65. The molecular formula is C16H19N3S. The number of aryl methyl sites for hydroxylation is 1. The van der Waals surface area contributed by atoms with Gasteiger partial charge in [0.15, 0.2) is 0 Å². The van der Waals surface area contributed by atoms with E-state index >= 15 is 0 Å². The van der Waals surface area contributed by atoms with Crippen molar-refractivity contribution in [2.75, 3.05) is 11.4 Å². The van der Waals surface area contributed by atoms with Crippen molar-refractivity contribution in [3.63, 3.8) is 0 Å². The summed E-state index contributed by atoms with van der Waals surface area (Å²) in [5, 5.41) is 0. The van der Waals surface area contributed by atoms with Crippen molar-refractivity contribution in [2.24, 2.45) is 5.73 Å². The second kappa shape index (κ2) is 7.01. The molecule has 0 aliphatic carbocycles. The molecule has 1 aromatic carbocycles. The predicted molar refractivity (Wildman–Crippen MR) is 87.9 cm³/mol. The van der Waals surface area contributed by atoms with Gasteiger partial charge in [0.25, 0.3) is 0 Å². The van der Waals surface area contributed by atoms with E-state index in [1.54, 1.807) is 0 Å². The van der Waals surface area contributed by atoms with Gasteiger partial charge < -0.3 is 10.6 Å². The number of pyridine rings is 1. The van der Waals surface area contributed by atoms with Crippen LogP contribution in [0.2, 0.25) is 0 Å². The lowest BCUT2D eigenvalue weighted by Gasteiger charge is -2.24. The van der Waals surface area contributed by atoms with E-state index in [9.17, 15) is 0 Å². The van der Waals surface area contributed by atoms with E-state index in [-0.39, 0.29) is 0 Å². The van der Waals surface area contributed by atoms with Crippen LogP contribution in [0.3, 0.4) is 0 Å². The highest BCUT2D eigenvalue weighted by molar-refractivity contribution is 7.80. The van der Waals surface area contributed by atoms with Gasteiger partial charge in [-0.15, -0.1) is 0 Å². The smallest absolute Gasteiger partial charge is 0.0745 e. The van der Waals surface area contributed by atoms with Gasteiger partial charge in [0, 0.05) is 24.3 Å². The lowest BCUT2D eigenvalue weighted by Crippen LogP contribution is -2.27. The Morgan fingerprint density at radius 2 is 1.90 bits per heavy atom. The summed E-state index contributed by atoms with van der Waals surface area (Å²) in [4.78, 5) is 7.36. The molecule has 20 heavy (non-hydrogen) atoms. The van der Waals surface area contributed by atoms with Gasteiger partial charge in [-0.05, 0) is 31.2 Å². The summed E-state index contributed by atoms with van der Waals surface area (Å²) in [6, 6.07) is 16.4. The Balaban J connectivity index is 2.16. The molecule has 0 atom stereocenters. The third-order valence-corrected chi connectivity index (χ3v) is 3.25. The Hall–Kier alpha value is -1.94. The first kappa shape index (κ1) is 14.5. The van der Waals surface area contributed by atoms with Crippen LogP contribution in [-0.4, -0.2) is 16.5 Å². The van der Waals surface area contributed by atoms with Gasteiger partial charge in [0.2, 0.25) is 0 Å². The van der Waals surface area contributed by atoms with Crippen LogP contribution < -0.4 is 10.6 Å². The number of nitrogens with two attached hydrogens (primary N) is 1. The van der Waals surface area contributed by atoms with Gasteiger partial charge in [-0.25, -0.2) is 0 Å². The van der Waals surface area contributed by atoms with Crippen LogP contribution in [0.25, 0.3) is 0 Å². The van der Waals surface area contributed by atoms with Crippen molar-refractivity contribution in [3.05, 3.63) is 59.9 Å². The van der Waals surface area contributed by atoms with Gasteiger partial charge in [-0.3, -0.25) is 4.98 Å². The molecule has 0 aliphatic heterocycles. The molecule has 2 rings (SSSR count). The van der Waals surface area contributed by atoms with Crippen molar-refractivity contribution >= 4 is 22.9 Å². The summed E-state index contributed by atoms with van der Waals surface area (Å²) >= 11 is 4.98. The molecular weight excluding hydrogens is 266 g/mol. The van der Waals surface area contributed by atoms with Crippen molar-refractivity contribution in [3.8, 4) is 0 Å². The monoisotopic (exact) mass is 285 g/mol. The predicted octanol–water partition coefficient (Wildman–Crippen LogP) is 3.07.